The van der Waals surface area contributed by atoms with Crippen LogP contribution in [0.25, 0.3) is 10.4 Å². The number of pyridine rings is 1. The van der Waals surface area contributed by atoms with Gasteiger partial charge >= 0.3 is 0 Å². The van der Waals surface area contributed by atoms with Crippen molar-refractivity contribution in [1.82, 2.24) is 19.5 Å². The first-order chi connectivity index (χ1) is 19.3. The molecule has 0 radical (unpaired) electrons. The molecule has 2 amide bonds. The molecule has 0 bridgehead atoms. The van der Waals surface area contributed by atoms with Crippen molar-refractivity contribution < 1.29 is 22.8 Å². The fourth-order valence-electron chi connectivity index (χ4n) is 6.30. The molecule has 2 aromatic heterocycles. The average Bonchev–Trinajstić information content (AvgIpc) is 3.73. The smallest absolute Gasteiger partial charge is 0.252 e. The van der Waals surface area contributed by atoms with E-state index in [1.165, 1.54) is 33.7 Å². The Labute approximate surface area is 237 Å². The van der Waals surface area contributed by atoms with Gasteiger partial charge in [0.2, 0.25) is 15.9 Å². The predicted molar refractivity (Wildman–Crippen MR) is 150 cm³/mol. The van der Waals surface area contributed by atoms with E-state index in [1.807, 2.05) is 29.6 Å². The summed E-state index contributed by atoms with van der Waals surface area (Å²) in [6, 6.07) is 12.8. The minimum Gasteiger partial charge on any atom is -0.338 e. The quantitative estimate of drug-likeness (QED) is 0.479. The SMILES string of the molecule is O=C(NC1(C(=O)N2CCC3C2C(=O)CN3S(=O)(=O)c2cccnc2)CCCCC1)c1ccc(-c2cccs2)cc1. The van der Waals surface area contributed by atoms with Crippen LogP contribution >= 0.6 is 11.3 Å². The highest BCUT2D eigenvalue weighted by molar-refractivity contribution is 7.89. The van der Waals surface area contributed by atoms with Crippen molar-refractivity contribution in [3.05, 3.63) is 71.9 Å². The van der Waals surface area contributed by atoms with E-state index in [9.17, 15) is 22.8 Å². The number of rotatable bonds is 6. The molecule has 9 nitrogen and oxygen atoms in total. The van der Waals surface area contributed by atoms with Crippen molar-refractivity contribution in [3.63, 3.8) is 0 Å². The summed E-state index contributed by atoms with van der Waals surface area (Å²) in [6.45, 7) is -0.0294. The second-order valence-electron chi connectivity index (χ2n) is 10.7. The highest BCUT2D eigenvalue weighted by atomic mass is 32.2. The Balaban J connectivity index is 1.23. The Kier molecular flexibility index (Phi) is 7.05. The van der Waals surface area contributed by atoms with E-state index < -0.39 is 27.6 Å². The molecule has 1 aromatic carbocycles. The zero-order valence-electron chi connectivity index (χ0n) is 21.9. The number of hydrogen-bond donors (Lipinski definition) is 1. The molecule has 40 heavy (non-hydrogen) atoms. The number of ketones is 1. The lowest BCUT2D eigenvalue weighted by Gasteiger charge is -2.40. The molecule has 1 saturated carbocycles. The number of amides is 2. The van der Waals surface area contributed by atoms with Crippen LogP contribution in [0.2, 0.25) is 0 Å². The van der Waals surface area contributed by atoms with E-state index in [1.54, 1.807) is 23.5 Å². The van der Waals surface area contributed by atoms with Gasteiger partial charge in [0.05, 0.1) is 12.6 Å². The molecule has 2 atom stereocenters. The molecular weight excluding hydrogens is 548 g/mol. The van der Waals surface area contributed by atoms with Gasteiger partial charge in [0.1, 0.15) is 16.5 Å². The lowest BCUT2D eigenvalue weighted by Crippen LogP contribution is -2.62. The van der Waals surface area contributed by atoms with Gasteiger partial charge in [0, 0.05) is 29.4 Å². The van der Waals surface area contributed by atoms with Gasteiger partial charge in [-0.05, 0) is 60.5 Å². The van der Waals surface area contributed by atoms with E-state index in [2.05, 4.69) is 10.3 Å². The summed E-state index contributed by atoms with van der Waals surface area (Å²) in [5, 5.41) is 5.06. The number of carbonyl (C=O) groups excluding carboxylic acids is 3. The van der Waals surface area contributed by atoms with Gasteiger partial charge in [-0.2, -0.15) is 4.31 Å². The van der Waals surface area contributed by atoms with Crippen molar-refractivity contribution in [2.24, 2.45) is 0 Å². The highest BCUT2D eigenvalue weighted by Gasteiger charge is 2.56. The van der Waals surface area contributed by atoms with Crippen LogP contribution in [0.3, 0.4) is 0 Å². The van der Waals surface area contributed by atoms with E-state index in [0.29, 0.717) is 24.8 Å². The summed E-state index contributed by atoms with van der Waals surface area (Å²) in [7, 11) is -3.95. The number of nitrogens with zero attached hydrogens (tertiary/aromatic N) is 3. The number of likely N-dealkylation sites (tertiary alicyclic amines) is 1. The molecule has 6 rings (SSSR count). The van der Waals surface area contributed by atoms with Crippen LogP contribution in [0.5, 0.6) is 0 Å². The molecule has 11 heteroatoms. The number of benzene rings is 1. The number of Topliss-reactive ketones (excluding diaryl/α,β-unsaturated/α-hetero) is 1. The highest BCUT2D eigenvalue weighted by Crippen LogP contribution is 2.38. The third kappa shape index (κ3) is 4.65. The number of sulfonamides is 1. The lowest BCUT2D eigenvalue weighted by atomic mass is 9.80. The van der Waals surface area contributed by atoms with Gasteiger partial charge in [-0.15, -0.1) is 11.3 Å². The summed E-state index contributed by atoms with van der Waals surface area (Å²) < 4.78 is 27.9. The standard InChI is InChI=1S/C29H30N4O5S2/c34-24-19-33(40(37,38)22-6-4-15-30-18-22)23-12-16-32(26(23)24)28(36)29(13-2-1-3-14-29)31-27(35)21-10-8-20(9-11-21)25-7-5-17-39-25/h4-11,15,17-18,23,26H,1-3,12-14,16,19H2,(H,31,35). The van der Waals surface area contributed by atoms with Crippen molar-refractivity contribution >= 4 is 39.0 Å². The number of thiophene rings is 1. The molecule has 3 aliphatic rings. The monoisotopic (exact) mass is 578 g/mol. The molecule has 3 fully saturated rings. The van der Waals surface area contributed by atoms with E-state index >= 15 is 0 Å². The van der Waals surface area contributed by atoms with Gasteiger partial charge in [-0.1, -0.05) is 37.5 Å². The van der Waals surface area contributed by atoms with Gasteiger partial charge < -0.3 is 10.2 Å². The number of fused-ring (bicyclic) bond motifs is 1. The molecular formula is C29H30N4O5S2. The lowest BCUT2D eigenvalue weighted by molar-refractivity contribution is -0.143. The summed E-state index contributed by atoms with van der Waals surface area (Å²) in [5.41, 5.74) is 0.346. The van der Waals surface area contributed by atoms with Gasteiger partial charge in [0.25, 0.3) is 5.91 Å². The maximum Gasteiger partial charge on any atom is 0.252 e. The third-order valence-electron chi connectivity index (χ3n) is 8.30. The summed E-state index contributed by atoms with van der Waals surface area (Å²) in [6.07, 6.45) is 6.59. The topological polar surface area (TPSA) is 117 Å². The van der Waals surface area contributed by atoms with Gasteiger partial charge in [-0.3, -0.25) is 19.4 Å². The van der Waals surface area contributed by atoms with Gasteiger partial charge in [0.15, 0.2) is 5.78 Å². The average molecular weight is 579 g/mol. The Morgan fingerprint density at radius 2 is 1.80 bits per heavy atom. The number of hydrogen-bond acceptors (Lipinski definition) is 7. The zero-order chi connectivity index (χ0) is 27.9. The molecule has 208 valence electrons. The Morgan fingerprint density at radius 3 is 2.48 bits per heavy atom. The molecule has 2 aliphatic heterocycles. The Bertz CT molecular complexity index is 1520. The van der Waals surface area contributed by atoms with Crippen molar-refractivity contribution in [3.8, 4) is 10.4 Å². The first-order valence-corrected chi connectivity index (χ1v) is 15.8. The van der Waals surface area contributed by atoms with Crippen molar-refractivity contribution in [2.45, 2.75) is 61.0 Å². The van der Waals surface area contributed by atoms with Crippen LogP contribution in [0.15, 0.2) is 71.2 Å². The van der Waals surface area contributed by atoms with Crippen molar-refractivity contribution in [2.75, 3.05) is 13.1 Å². The molecule has 2 unspecified atom stereocenters. The first-order valence-electron chi connectivity index (χ1n) is 13.5. The van der Waals surface area contributed by atoms with Crippen LogP contribution in [0.1, 0.15) is 48.9 Å². The summed E-state index contributed by atoms with van der Waals surface area (Å²) >= 11 is 1.62. The summed E-state index contributed by atoms with van der Waals surface area (Å²) in [5.74, 6) is -0.927. The molecule has 4 heterocycles. The number of nitrogens with one attached hydrogen (secondary N) is 1. The van der Waals surface area contributed by atoms with Gasteiger partial charge in [-0.25, -0.2) is 8.42 Å². The fourth-order valence-corrected chi connectivity index (χ4v) is 8.62. The second-order valence-corrected chi connectivity index (χ2v) is 13.5. The normalized spacial score (nSPS) is 22.7. The van der Waals surface area contributed by atoms with E-state index in [0.717, 1.165) is 29.7 Å². The Morgan fingerprint density at radius 1 is 1.02 bits per heavy atom. The predicted octanol–water partition coefficient (Wildman–Crippen LogP) is 3.49. The third-order valence-corrected chi connectivity index (χ3v) is 11.1. The van der Waals surface area contributed by atoms with E-state index in [-0.39, 0.29) is 35.6 Å². The first kappa shape index (κ1) is 26.8. The largest absolute Gasteiger partial charge is 0.338 e. The Hall–Kier alpha value is -3.41. The molecule has 3 aromatic rings. The molecule has 1 N–H and O–H groups in total. The summed E-state index contributed by atoms with van der Waals surface area (Å²) in [4.78, 5) is 47.4. The maximum absolute atomic E-state index is 14.2. The fraction of sp³-hybridized carbons (Fsp3) is 0.379. The van der Waals surface area contributed by atoms with Crippen LogP contribution in [0.4, 0.5) is 0 Å². The second kappa shape index (κ2) is 10.5. The number of aromatic nitrogens is 1. The molecule has 0 spiro atoms. The zero-order valence-corrected chi connectivity index (χ0v) is 23.5. The minimum absolute atomic E-state index is 0.0225. The van der Waals surface area contributed by atoms with E-state index in [4.69, 9.17) is 0 Å². The molecule has 2 saturated heterocycles. The van der Waals surface area contributed by atoms with Crippen LogP contribution in [-0.2, 0) is 19.6 Å². The number of carbonyl (C=O) groups is 3. The van der Waals surface area contributed by atoms with Crippen molar-refractivity contribution in [1.29, 1.82) is 0 Å². The maximum atomic E-state index is 14.2. The minimum atomic E-state index is -3.95. The van der Waals surface area contributed by atoms with Crippen LogP contribution in [-0.4, -0.2) is 70.9 Å². The molecule has 1 aliphatic carbocycles. The van der Waals surface area contributed by atoms with Crippen LogP contribution < -0.4 is 5.32 Å². The van der Waals surface area contributed by atoms with Crippen LogP contribution in [0, 0.1) is 0 Å².